The highest BCUT2D eigenvalue weighted by Gasteiger charge is 2.88. The van der Waals surface area contributed by atoms with Gasteiger partial charge in [0.25, 0.3) is 0 Å². The van der Waals surface area contributed by atoms with Crippen molar-refractivity contribution in [2.45, 2.75) is 115 Å². The highest BCUT2D eigenvalue weighted by atomic mass is 16.7. The number of carbonyl (C=O) groups excluding carboxylic acids is 5. The third-order valence-electron chi connectivity index (χ3n) is 9.23. The second-order valence-electron chi connectivity index (χ2n) is 12.1. The van der Waals surface area contributed by atoms with E-state index in [9.17, 15) is 39.3 Å². The fraction of sp³-hybridized carbons (Fsp3) is 0.750. The number of fused-ring (bicyclic) bond motifs is 1. The normalized spacial score (nSPS) is 44.2. The van der Waals surface area contributed by atoms with Crippen LogP contribution < -0.4 is 0 Å². The Morgan fingerprint density at radius 1 is 0.905 bits per heavy atom. The van der Waals surface area contributed by atoms with Gasteiger partial charge in [-0.15, -0.1) is 0 Å². The van der Waals surface area contributed by atoms with Gasteiger partial charge in [-0.25, -0.2) is 4.79 Å². The number of ether oxygens (including phenoxy) is 6. The molecule has 0 bridgehead atoms. The summed E-state index contributed by atoms with van der Waals surface area (Å²) in [6.45, 7) is 8.30. The number of hydrogen-bond acceptors (Lipinski definition) is 14. The first-order valence-electron chi connectivity index (χ1n) is 13.7. The van der Waals surface area contributed by atoms with Crippen molar-refractivity contribution in [1.82, 2.24) is 0 Å². The van der Waals surface area contributed by atoms with Crippen molar-refractivity contribution >= 4 is 29.8 Å². The summed E-state index contributed by atoms with van der Waals surface area (Å²) in [5.41, 5.74) is -7.28. The Morgan fingerprint density at radius 3 is 1.95 bits per heavy atom. The first kappa shape index (κ1) is 31.9. The maximum absolute atomic E-state index is 13.2. The van der Waals surface area contributed by atoms with Crippen molar-refractivity contribution in [1.29, 1.82) is 0 Å². The maximum atomic E-state index is 13.2. The molecule has 2 aliphatic carbocycles. The third-order valence-corrected chi connectivity index (χ3v) is 9.23. The summed E-state index contributed by atoms with van der Waals surface area (Å²) >= 11 is 0. The number of rotatable bonds is 5. The summed E-state index contributed by atoms with van der Waals surface area (Å²) in [5, 5.41) is 34.7. The predicted octanol–water partition coefficient (Wildman–Crippen LogP) is -0.373. The van der Waals surface area contributed by atoms with Crippen LogP contribution in [0.5, 0.6) is 0 Å². The second-order valence-corrected chi connectivity index (χ2v) is 12.1. The van der Waals surface area contributed by atoms with Crippen molar-refractivity contribution in [3.63, 3.8) is 0 Å². The van der Waals surface area contributed by atoms with Crippen LogP contribution >= 0.6 is 0 Å². The van der Waals surface area contributed by atoms with Gasteiger partial charge in [-0.05, 0) is 25.5 Å². The van der Waals surface area contributed by atoms with Gasteiger partial charge in [0, 0.05) is 46.5 Å². The van der Waals surface area contributed by atoms with E-state index in [-0.39, 0.29) is 18.4 Å². The predicted molar refractivity (Wildman–Crippen MR) is 137 cm³/mol. The molecule has 0 aromatic heterocycles. The lowest BCUT2D eigenvalue weighted by Gasteiger charge is -2.59. The van der Waals surface area contributed by atoms with Gasteiger partial charge in [-0.2, -0.15) is 0 Å². The van der Waals surface area contributed by atoms with E-state index in [0.717, 1.165) is 27.7 Å². The van der Waals surface area contributed by atoms with Crippen LogP contribution in [0.15, 0.2) is 11.6 Å². The zero-order chi connectivity index (χ0) is 31.6. The molecule has 42 heavy (non-hydrogen) atoms. The molecule has 3 fully saturated rings. The molecule has 0 radical (unpaired) electrons. The quantitative estimate of drug-likeness (QED) is 0.160. The molecule has 1 saturated carbocycles. The number of hydrogen-bond donors (Lipinski definition) is 3. The third kappa shape index (κ3) is 4.87. The molecule has 4 aliphatic rings. The van der Waals surface area contributed by atoms with E-state index in [1.807, 2.05) is 0 Å². The van der Waals surface area contributed by atoms with E-state index in [4.69, 9.17) is 28.4 Å². The van der Waals surface area contributed by atoms with Crippen LogP contribution in [0.3, 0.4) is 0 Å². The zero-order valence-electron chi connectivity index (χ0n) is 24.6. The van der Waals surface area contributed by atoms with Crippen molar-refractivity contribution < 1.29 is 67.7 Å². The maximum Gasteiger partial charge on any atom is 0.342 e. The van der Waals surface area contributed by atoms with E-state index in [2.05, 4.69) is 0 Å². The smallest absolute Gasteiger partial charge is 0.342 e. The van der Waals surface area contributed by atoms with Gasteiger partial charge in [-0.3, -0.25) is 19.2 Å². The molecule has 2 heterocycles. The lowest BCUT2D eigenvalue weighted by molar-refractivity contribution is -0.275. The van der Waals surface area contributed by atoms with Crippen LogP contribution in [0, 0.1) is 11.3 Å². The fourth-order valence-corrected chi connectivity index (χ4v) is 7.16. The Morgan fingerprint density at radius 2 is 1.45 bits per heavy atom. The van der Waals surface area contributed by atoms with Crippen molar-refractivity contribution in [3.8, 4) is 0 Å². The fourth-order valence-electron chi connectivity index (χ4n) is 7.16. The van der Waals surface area contributed by atoms with Crippen LogP contribution in [0.1, 0.15) is 61.3 Å². The summed E-state index contributed by atoms with van der Waals surface area (Å²) in [5.74, 6) is -5.31. The zero-order valence-corrected chi connectivity index (χ0v) is 24.6. The van der Waals surface area contributed by atoms with Gasteiger partial charge in [0.2, 0.25) is 0 Å². The highest BCUT2D eigenvalue weighted by Crippen LogP contribution is 2.66. The van der Waals surface area contributed by atoms with Crippen LogP contribution in [-0.2, 0) is 52.4 Å². The molecule has 14 nitrogen and oxygen atoms in total. The number of carbonyl (C=O) groups is 5. The Balaban J connectivity index is 2.06. The molecule has 1 spiro atoms. The van der Waals surface area contributed by atoms with Gasteiger partial charge in [0.15, 0.2) is 17.3 Å². The second kappa shape index (κ2) is 10.6. The first-order chi connectivity index (χ1) is 19.3. The van der Waals surface area contributed by atoms with Crippen molar-refractivity contribution in [3.05, 3.63) is 11.6 Å². The number of aliphatic hydroxyl groups excluding tert-OH is 2. The Bertz CT molecular complexity index is 1210. The van der Waals surface area contributed by atoms with Gasteiger partial charge in [0.1, 0.15) is 24.9 Å². The molecule has 4 rings (SSSR count). The lowest BCUT2D eigenvalue weighted by atomic mass is 9.51. The molecule has 0 aromatic rings. The van der Waals surface area contributed by atoms with Gasteiger partial charge in [0.05, 0.1) is 23.2 Å². The SMILES string of the molecule is CC(=O)OCC1=CC2OC(=O)C3(C)OC23C(OC(C)=O)C2C(C)(O)C(O)CC(OC(C)=O)C2(C)C(OC(C)=O)CC1O. The van der Waals surface area contributed by atoms with E-state index in [1.54, 1.807) is 0 Å². The van der Waals surface area contributed by atoms with Crippen LogP contribution in [0.2, 0.25) is 0 Å². The molecular formula is C28H38O14. The standard InChI is InChI=1S/C28H38O14/c1-12(29)37-11-16-8-21-28(27(7,42-28)24(35)41-21)23(40-15(4)32)22-25(5,19(9-17(16)33)38-13(2)30)20(39-14(3)31)10-18(34)26(22,6)36/h8,17-23,33-34,36H,9-11H2,1-7H3. The Labute approximate surface area is 242 Å². The number of epoxide rings is 1. The molecule has 0 amide bonds. The number of esters is 5. The minimum atomic E-state index is -2.13. The van der Waals surface area contributed by atoms with Crippen molar-refractivity contribution in [2.75, 3.05) is 6.61 Å². The van der Waals surface area contributed by atoms with Gasteiger partial charge >= 0.3 is 29.8 Å². The summed E-state index contributed by atoms with van der Waals surface area (Å²) in [6.07, 6.45) is -7.91. The average Bonchev–Trinajstić information content (AvgIpc) is 3.43. The molecule has 2 aliphatic heterocycles. The Hall–Kier alpha value is -3.07. The van der Waals surface area contributed by atoms with E-state index >= 15 is 0 Å². The molecule has 11 atom stereocenters. The van der Waals surface area contributed by atoms with E-state index < -0.39 is 101 Å². The average molecular weight is 599 g/mol. The Kier molecular flexibility index (Phi) is 8.02. The molecule has 234 valence electrons. The molecule has 3 N–H and O–H groups in total. The van der Waals surface area contributed by atoms with E-state index in [1.165, 1.54) is 26.8 Å². The summed E-state index contributed by atoms with van der Waals surface area (Å²) in [4.78, 5) is 62.3. The highest BCUT2D eigenvalue weighted by molar-refractivity contribution is 5.89. The minimum Gasteiger partial charge on any atom is -0.462 e. The molecule has 2 saturated heterocycles. The monoisotopic (exact) mass is 598 g/mol. The lowest BCUT2D eigenvalue weighted by Crippen LogP contribution is -2.72. The summed E-state index contributed by atoms with van der Waals surface area (Å²) in [6, 6.07) is 0. The molecule has 0 aromatic carbocycles. The van der Waals surface area contributed by atoms with Crippen LogP contribution in [-0.4, -0.2) is 105 Å². The summed E-state index contributed by atoms with van der Waals surface area (Å²) in [7, 11) is 0. The number of aliphatic hydroxyl groups is 3. The van der Waals surface area contributed by atoms with Gasteiger partial charge in [-0.1, -0.05) is 6.92 Å². The first-order valence-corrected chi connectivity index (χ1v) is 13.7. The largest absolute Gasteiger partial charge is 0.462 e. The van der Waals surface area contributed by atoms with Crippen LogP contribution in [0.25, 0.3) is 0 Å². The van der Waals surface area contributed by atoms with Crippen molar-refractivity contribution in [2.24, 2.45) is 11.3 Å². The summed E-state index contributed by atoms with van der Waals surface area (Å²) < 4.78 is 34.1. The molecular weight excluding hydrogens is 560 g/mol. The van der Waals surface area contributed by atoms with Crippen LogP contribution in [0.4, 0.5) is 0 Å². The van der Waals surface area contributed by atoms with E-state index in [0.29, 0.717) is 0 Å². The van der Waals surface area contributed by atoms with Gasteiger partial charge < -0.3 is 43.7 Å². The topological polar surface area (TPSA) is 205 Å². The molecule has 14 heteroatoms. The molecule has 11 unspecified atom stereocenters. The minimum absolute atomic E-state index is 0.0644.